The van der Waals surface area contributed by atoms with Gasteiger partial charge in [0, 0.05) is 13.1 Å². The summed E-state index contributed by atoms with van der Waals surface area (Å²) in [6, 6.07) is 4.84. The Morgan fingerprint density at radius 3 is 2.80 bits per heavy atom. The van der Waals surface area contributed by atoms with Crippen LogP contribution < -0.4 is 25.8 Å². The van der Waals surface area contributed by atoms with Crippen LogP contribution in [0.2, 0.25) is 0 Å². The highest BCUT2D eigenvalue weighted by molar-refractivity contribution is 5.85. The van der Waals surface area contributed by atoms with E-state index in [1.54, 1.807) is 18.2 Å². The lowest BCUT2D eigenvalue weighted by Crippen LogP contribution is -2.55. The molecule has 4 N–H and O–H groups in total. The first-order chi connectivity index (χ1) is 11.5. The summed E-state index contributed by atoms with van der Waals surface area (Å²) in [6.07, 6.45) is -0.169. The summed E-state index contributed by atoms with van der Waals surface area (Å²) < 4.78 is 16.0. The number of morpholine rings is 1. The predicted octanol–water partition coefficient (Wildman–Crippen LogP) is -0.0258. The Labute approximate surface area is 152 Å². The SMILES string of the molecule is COc1cc(CNC(=O)[C@H]2NCCO[C@@H]2C)ccc1OCC(N)=O.Cl. The summed E-state index contributed by atoms with van der Waals surface area (Å²) in [5, 5.41) is 6.01. The van der Waals surface area contributed by atoms with E-state index in [1.807, 2.05) is 6.92 Å². The lowest BCUT2D eigenvalue weighted by atomic mass is 10.1. The van der Waals surface area contributed by atoms with E-state index in [-0.39, 0.29) is 37.1 Å². The van der Waals surface area contributed by atoms with E-state index < -0.39 is 5.91 Å². The molecular formula is C16H24ClN3O5. The van der Waals surface area contributed by atoms with Gasteiger partial charge in [0.05, 0.1) is 19.8 Å². The molecule has 1 aromatic rings. The van der Waals surface area contributed by atoms with Crippen LogP contribution in [0, 0.1) is 0 Å². The van der Waals surface area contributed by atoms with Gasteiger partial charge in [-0.25, -0.2) is 0 Å². The number of amides is 2. The normalized spacial score (nSPS) is 19.4. The van der Waals surface area contributed by atoms with Gasteiger partial charge < -0.3 is 30.6 Å². The lowest BCUT2D eigenvalue weighted by molar-refractivity contribution is -0.129. The van der Waals surface area contributed by atoms with E-state index in [1.165, 1.54) is 7.11 Å². The quantitative estimate of drug-likeness (QED) is 0.619. The fourth-order valence-electron chi connectivity index (χ4n) is 2.42. The van der Waals surface area contributed by atoms with E-state index in [4.69, 9.17) is 19.9 Å². The molecule has 1 aromatic carbocycles. The second kappa shape index (κ2) is 10.1. The molecule has 1 aliphatic heterocycles. The van der Waals surface area contributed by atoms with E-state index in [2.05, 4.69) is 10.6 Å². The summed E-state index contributed by atoms with van der Waals surface area (Å²) in [6.45, 7) is 3.25. The summed E-state index contributed by atoms with van der Waals surface area (Å²) >= 11 is 0. The molecule has 9 heteroatoms. The lowest BCUT2D eigenvalue weighted by Gasteiger charge is -2.29. The fourth-order valence-corrected chi connectivity index (χ4v) is 2.42. The Hall–Kier alpha value is -2.03. The molecule has 0 aliphatic carbocycles. The van der Waals surface area contributed by atoms with Crippen molar-refractivity contribution in [2.45, 2.75) is 25.6 Å². The minimum absolute atomic E-state index is 0. The maximum atomic E-state index is 12.2. The van der Waals surface area contributed by atoms with Crippen molar-refractivity contribution in [2.24, 2.45) is 5.73 Å². The first-order valence-corrected chi connectivity index (χ1v) is 7.72. The van der Waals surface area contributed by atoms with Gasteiger partial charge >= 0.3 is 0 Å². The predicted molar refractivity (Wildman–Crippen MR) is 94.0 cm³/mol. The molecule has 1 fully saturated rings. The van der Waals surface area contributed by atoms with Crippen LogP contribution in [0.25, 0.3) is 0 Å². The number of methoxy groups -OCH3 is 1. The zero-order valence-corrected chi connectivity index (χ0v) is 15.1. The molecule has 0 unspecified atom stereocenters. The van der Waals surface area contributed by atoms with Crippen LogP contribution in [0.3, 0.4) is 0 Å². The molecule has 140 valence electrons. The number of halogens is 1. The smallest absolute Gasteiger partial charge is 0.255 e. The molecule has 0 spiro atoms. The van der Waals surface area contributed by atoms with Crippen LogP contribution >= 0.6 is 12.4 Å². The zero-order chi connectivity index (χ0) is 17.5. The van der Waals surface area contributed by atoms with Crippen LogP contribution in [-0.2, 0) is 20.9 Å². The van der Waals surface area contributed by atoms with Crippen molar-refractivity contribution in [3.05, 3.63) is 23.8 Å². The Morgan fingerprint density at radius 1 is 1.40 bits per heavy atom. The molecule has 1 heterocycles. The number of nitrogens with two attached hydrogens (primary N) is 1. The summed E-state index contributed by atoms with van der Waals surface area (Å²) in [4.78, 5) is 23.0. The highest BCUT2D eigenvalue weighted by atomic mass is 35.5. The molecule has 0 aromatic heterocycles. The second-order valence-electron chi connectivity index (χ2n) is 5.47. The first kappa shape index (κ1) is 21.0. The average molecular weight is 374 g/mol. The van der Waals surface area contributed by atoms with Gasteiger partial charge in [0.1, 0.15) is 6.04 Å². The molecule has 0 radical (unpaired) electrons. The molecule has 25 heavy (non-hydrogen) atoms. The topological polar surface area (TPSA) is 112 Å². The number of carbonyl (C=O) groups excluding carboxylic acids is 2. The summed E-state index contributed by atoms with van der Waals surface area (Å²) in [5.41, 5.74) is 5.90. The summed E-state index contributed by atoms with van der Waals surface area (Å²) in [5.74, 6) is 0.206. The van der Waals surface area contributed by atoms with Crippen LogP contribution in [0.4, 0.5) is 0 Å². The van der Waals surface area contributed by atoms with Gasteiger partial charge in [-0.2, -0.15) is 0 Å². The molecule has 0 bridgehead atoms. The third-order valence-corrected chi connectivity index (χ3v) is 3.66. The van der Waals surface area contributed by atoms with Gasteiger partial charge in [-0.1, -0.05) is 6.07 Å². The highest BCUT2D eigenvalue weighted by Gasteiger charge is 2.27. The number of hydrogen-bond donors (Lipinski definition) is 3. The van der Waals surface area contributed by atoms with Crippen LogP contribution in [0.5, 0.6) is 11.5 Å². The number of primary amides is 1. The maximum Gasteiger partial charge on any atom is 0.255 e. The van der Waals surface area contributed by atoms with Crippen molar-refractivity contribution in [1.82, 2.24) is 10.6 Å². The van der Waals surface area contributed by atoms with Crippen LogP contribution in [0.1, 0.15) is 12.5 Å². The Morgan fingerprint density at radius 2 is 2.16 bits per heavy atom. The molecular weight excluding hydrogens is 350 g/mol. The molecule has 8 nitrogen and oxygen atoms in total. The van der Waals surface area contributed by atoms with Crippen molar-refractivity contribution >= 4 is 24.2 Å². The molecule has 2 rings (SSSR count). The maximum absolute atomic E-state index is 12.2. The molecule has 0 saturated carbocycles. The van der Waals surface area contributed by atoms with Crippen molar-refractivity contribution in [2.75, 3.05) is 26.9 Å². The van der Waals surface area contributed by atoms with Crippen molar-refractivity contribution in [3.63, 3.8) is 0 Å². The fraction of sp³-hybridized carbons (Fsp3) is 0.500. The Kier molecular flexibility index (Phi) is 8.47. The van der Waals surface area contributed by atoms with Gasteiger partial charge in [0.25, 0.3) is 5.91 Å². The number of rotatable bonds is 7. The minimum Gasteiger partial charge on any atom is -0.493 e. The second-order valence-corrected chi connectivity index (χ2v) is 5.47. The zero-order valence-electron chi connectivity index (χ0n) is 14.2. The van der Waals surface area contributed by atoms with E-state index in [0.717, 1.165) is 5.56 Å². The van der Waals surface area contributed by atoms with Crippen molar-refractivity contribution in [3.8, 4) is 11.5 Å². The number of ether oxygens (including phenoxy) is 3. The third-order valence-electron chi connectivity index (χ3n) is 3.66. The average Bonchev–Trinajstić information content (AvgIpc) is 2.58. The highest BCUT2D eigenvalue weighted by Crippen LogP contribution is 2.28. The van der Waals surface area contributed by atoms with Gasteiger partial charge in [0.15, 0.2) is 18.1 Å². The standard InChI is InChI=1S/C16H23N3O5.ClH/c1-10-15(18-5-6-23-10)16(21)19-8-11-3-4-12(13(7-11)22-2)24-9-14(17)20;/h3-4,7,10,15,18H,5-6,8-9H2,1-2H3,(H2,17,20)(H,19,21);1H/t10-,15+;/m1./s1. The molecule has 1 aliphatic rings. The first-order valence-electron chi connectivity index (χ1n) is 7.72. The Bertz CT molecular complexity index is 599. The number of hydrogen-bond acceptors (Lipinski definition) is 6. The minimum atomic E-state index is -0.565. The van der Waals surface area contributed by atoms with Crippen molar-refractivity contribution < 1.29 is 23.8 Å². The number of carbonyl (C=O) groups is 2. The molecule has 2 amide bonds. The number of nitrogens with one attached hydrogen (secondary N) is 2. The van der Waals surface area contributed by atoms with E-state index in [9.17, 15) is 9.59 Å². The van der Waals surface area contributed by atoms with Crippen LogP contribution in [-0.4, -0.2) is 50.8 Å². The van der Waals surface area contributed by atoms with Gasteiger partial charge in [0.2, 0.25) is 5.91 Å². The van der Waals surface area contributed by atoms with Gasteiger partial charge in [-0.05, 0) is 24.6 Å². The van der Waals surface area contributed by atoms with E-state index >= 15 is 0 Å². The van der Waals surface area contributed by atoms with E-state index in [0.29, 0.717) is 31.2 Å². The Balaban J connectivity index is 0.00000312. The van der Waals surface area contributed by atoms with Gasteiger partial charge in [-0.3, -0.25) is 9.59 Å². The third kappa shape index (κ3) is 6.08. The largest absolute Gasteiger partial charge is 0.493 e. The van der Waals surface area contributed by atoms with Crippen LogP contribution in [0.15, 0.2) is 18.2 Å². The summed E-state index contributed by atoms with van der Waals surface area (Å²) in [7, 11) is 1.50. The molecule has 1 saturated heterocycles. The molecule has 2 atom stereocenters. The van der Waals surface area contributed by atoms with Gasteiger partial charge in [-0.15, -0.1) is 12.4 Å². The van der Waals surface area contributed by atoms with Crippen molar-refractivity contribution in [1.29, 1.82) is 0 Å². The number of benzene rings is 1. The monoisotopic (exact) mass is 373 g/mol.